The van der Waals surface area contributed by atoms with Crippen LogP contribution in [0, 0.1) is 0 Å². The van der Waals surface area contributed by atoms with Crippen LogP contribution in [-0.2, 0) is 4.84 Å². The van der Waals surface area contributed by atoms with Crippen molar-refractivity contribution in [3.8, 4) is 0 Å². The van der Waals surface area contributed by atoms with Gasteiger partial charge < -0.3 is 5.32 Å². The average Bonchev–Trinajstić information content (AvgIpc) is 2.39. The van der Waals surface area contributed by atoms with E-state index in [0.717, 1.165) is 13.1 Å². The third-order valence-corrected chi connectivity index (χ3v) is 1.81. The maximum atomic E-state index is 5.21. The maximum absolute atomic E-state index is 5.21. The molecule has 2 N–H and O–H groups in total. The lowest BCUT2D eigenvalue weighted by Gasteiger charge is -2.12. The standard InChI is InChI=1S/C8H18N2O/c1-7(2)11-10-6-8-4-3-5-9-8/h7-10H,3-6H2,1-2H3. The Morgan fingerprint density at radius 1 is 1.64 bits per heavy atom. The van der Waals surface area contributed by atoms with Gasteiger partial charge in [-0.25, -0.2) is 5.48 Å². The lowest BCUT2D eigenvalue weighted by Crippen LogP contribution is -2.35. The third-order valence-electron chi connectivity index (χ3n) is 1.81. The highest BCUT2D eigenvalue weighted by Gasteiger charge is 2.12. The van der Waals surface area contributed by atoms with Crippen molar-refractivity contribution in [2.45, 2.75) is 38.8 Å². The monoisotopic (exact) mass is 158 g/mol. The Hall–Kier alpha value is -0.120. The second kappa shape index (κ2) is 4.70. The van der Waals surface area contributed by atoms with Gasteiger partial charge in [0.2, 0.25) is 0 Å². The molecule has 0 aromatic heterocycles. The molecule has 0 aromatic carbocycles. The summed E-state index contributed by atoms with van der Waals surface area (Å²) in [6, 6.07) is 0.619. The van der Waals surface area contributed by atoms with Gasteiger partial charge in [0.1, 0.15) is 0 Å². The largest absolute Gasteiger partial charge is 0.313 e. The molecule has 1 atom stereocenters. The van der Waals surface area contributed by atoms with Crippen LogP contribution in [-0.4, -0.2) is 25.2 Å². The number of hydrogen-bond acceptors (Lipinski definition) is 3. The second-order valence-corrected chi connectivity index (χ2v) is 3.31. The summed E-state index contributed by atoms with van der Waals surface area (Å²) in [4.78, 5) is 5.21. The molecular formula is C8H18N2O. The van der Waals surface area contributed by atoms with Crippen LogP contribution in [0.4, 0.5) is 0 Å². The summed E-state index contributed by atoms with van der Waals surface area (Å²) in [5.74, 6) is 0. The average molecular weight is 158 g/mol. The summed E-state index contributed by atoms with van der Waals surface area (Å²) in [7, 11) is 0. The fourth-order valence-electron chi connectivity index (χ4n) is 1.25. The summed E-state index contributed by atoms with van der Waals surface area (Å²) in [5, 5.41) is 3.39. The van der Waals surface area contributed by atoms with Crippen molar-refractivity contribution in [1.29, 1.82) is 0 Å². The zero-order valence-corrected chi connectivity index (χ0v) is 7.39. The molecule has 11 heavy (non-hydrogen) atoms. The van der Waals surface area contributed by atoms with Gasteiger partial charge in [0, 0.05) is 12.6 Å². The van der Waals surface area contributed by atoms with Crippen molar-refractivity contribution in [3.63, 3.8) is 0 Å². The first-order valence-corrected chi connectivity index (χ1v) is 4.41. The van der Waals surface area contributed by atoms with Crippen molar-refractivity contribution in [3.05, 3.63) is 0 Å². The van der Waals surface area contributed by atoms with Gasteiger partial charge in [-0.15, -0.1) is 0 Å². The topological polar surface area (TPSA) is 33.3 Å². The third kappa shape index (κ3) is 3.70. The highest BCUT2D eigenvalue weighted by molar-refractivity contribution is 4.74. The van der Waals surface area contributed by atoms with Gasteiger partial charge in [-0.05, 0) is 33.2 Å². The van der Waals surface area contributed by atoms with Crippen LogP contribution in [0.3, 0.4) is 0 Å². The lowest BCUT2D eigenvalue weighted by atomic mass is 10.2. The van der Waals surface area contributed by atoms with E-state index in [4.69, 9.17) is 4.84 Å². The summed E-state index contributed by atoms with van der Waals surface area (Å²) in [6.07, 6.45) is 2.85. The van der Waals surface area contributed by atoms with Crippen LogP contribution < -0.4 is 10.8 Å². The van der Waals surface area contributed by atoms with Crippen LogP contribution in [0.2, 0.25) is 0 Å². The summed E-state index contributed by atoms with van der Waals surface area (Å²) in [6.45, 7) is 6.14. The highest BCUT2D eigenvalue weighted by atomic mass is 16.7. The van der Waals surface area contributed by atoms with Crippen molar-refractivity contribution in [2.24, 2.45) is 0 Å². The van der Waals surface area contributed by atoms with E-state index in [2.05, 4.69) is 10.8 Å². The van der Waals surface area contributed by atoms with Crippen LogP contribution >= 0.6 is 0 Å². The molecule has 3 heteroatoms. The van der Waals surface area contributed by atoms with Gasteiger partial charge in [-0.2, -0.15) is 0 Å². The molecule has 66 valence electrons. The Labute approximate surface area is 68.5 Å². The normalized spacial score (nSPS) is 24.8. The smallest absolute Gasteiger partial charge is 0.0734 e. The van der Waals surface area contributed by atoms with E-state index < -0.39 is 0 Å². The molecule has 3 nitrogen and oxygen atoms in total. The van der Waals surface area contributed by atoms with Gasteiger partial charge in [-0.1, -0.05) is 0 Å². The number of nitrogens with one attached hydrogen (secondary N) is 2. The SMILES string of the molecule is CC(C)ONCC1CCCN1. The molecule has 0 bridgehead atoms. The predicted octanol–water partition coefficient (Wildman–Crippen LogP) is 0.668. The Kier molecular flexibility index (Phi) is 3.83. The summed E-state index contributed by atoms with van der Waals surface area (Å²) >= 11 is 0. The van der Waals surface area contributed by atoms with E-state index in [0.29, 0.717) is 6.04 Å². The van der Waals surface area contributed by atoms with Crippen molar-refractivity contribution < 1.29 is 4.84 Å². The fraction of sp³-hybridized carbons (Fsp3) is 1.00. The van der Waals surface area contributed by atoms with E-state index in [1.165, 1.54) is 12.8 Å². The predicted molar refractivity (Wildman–Crippen MR) is 45.2 cm³/mol. The molecule has 1 saturated heterocycles. The minimum atomic E-state index is 0.274. The zero-order chi connectivity index (χ0) is 8.10. The minimum Gasteiger partial charge on any atom is -0.313 e. The molecule has 0 aliphatic carbocycles. The van der Waals surface area contributed by atoms with Gasteiger partial charge >= 0.3 is 0 Å². The summed E-state index contributed by atoms with van der Waals surface area (Å²) in [5.41, 5.74) is 2.96. The molecule has 1 rings (SSSR count). The second-order valence-electron chi connectivity index (χ2n) is 3.31. The highest BCUT2D eigenvalue weighted by Crippen LogP contribution is 2.02. The Bertz CT molecular complexity index is 100. The first kappa shape index (κ1) is 8.97. The Morgan fingerprint density at radius 3 is 3.00 bits per heavy atom. The number of rotatable bonds is 4. The fourth-order valence-corrected chi connectivity index (χ4v) is 1.25. The maximum Gasteiger partial charge on any atom is 0.0734 e. The molecular weight excluding hydrogens is 140 g/mol. The van der Waals surface area contributed by atoms with Gasteiger partial charge in [-0.3, -0.25) is 4.84 Å². The molecule has 0 radical (unpaired) electrons. The quantitative estimate of drug-likeness (QED) is 0.590. The van der Waals surface area contributed by atoms with E-state index in [-0.39, 0.29) is 6.10 Å². The van der Waals surface area contributed by atoms with Crippen LogP contribution in [0.5, 0.6) is 0 Å². The van der Waals surface area contributed by atoms with Gasteiger partial charge in [0.15, 0.2) is 0 Å². The molecule has 0 spiro atoms. The molecule has 0 amide bonds. The van der Waals surface area contributed by atoms with Crippen LogP contribution in [0.1, 0.15) is 26.7 Å². The molecule has 1 unspecified atom stereocenters. The first-order valence-electron chi connectivity index (χ1n) is 4.41. The van der Waals surface area contributed by atoms with Gasteiger partial charge in [0.05, 0.1) is 6.10 Å². The first-order chi connectivity index (χ1) is 5.29. The van der Waals surface area contributed by atoms with Gasteiger partial charge in [0.25, 0.3) is 0 Å². The Morgan fingerprint density at radius 2 is 2.45 bits per heavy atom. The molecule has 0 aromatic rings. The lowest BCUT2D eigenvalue weighted by molar-refractivity contribution is -0.00790. The van der Waals surface area contributed by atoms with E-state index in [1.807, 2.05) is 13.8 Å². The van der Waals surface area contributed by atoms with E-state index in [9.17, 15) is 0 Å². The molecule has 1 aliphatic rings. The number of hydrogen-bond donors (Lipinski definition) is 2. The molecule has 1 heterocycles. The van der Waals surface area contributed by atoms with Crippen molar-refractivity contribution >= 4 is 0 Å². The van der Waals surface area contributed by atoms with Crippen molar-refractivity contribution in [2.75, 3.05) is 13.1 Å². The number of hydroxylamine groups is 1. The molecule has 0 saturated carbocycles. The Balaban J connectivity index is 1.94. The molecule has 1 fully saturated rings. The zero-order valence-electron chi connectivity index (χ0n) is 7.39. The van der Waals surface area contributed by atoms with E-state index >= 15 is 0 Å². The van der Waals surface area contributed by atoms with Crippen LogP contribution in [0.15, 0.2) is 0 Å². The summed E-state index contributed by atoms with van der Waals surface area (Å²) < 4.78 is 0. The van der Waals surface area contributed by atoms with Crippen molar-refractivity contribution in [1.82, 2.24) is 10.8 Å². The van der Waals surface area contributed by atoms with E-state index in [1.54, 1.807) is 0 Å². The minimum absolute atomic E-state index is 0.274. The molecule has 1 aliphatic heterocycles. The van der Waals surface area contributed by atoms with Crippen LogP contribution in [0.25, 0.3) is 0 Å².